The quantitative estimate of drug-likeness (QED) is 0.592. The number of amides is 2. The molecule has 1 fully saturated rings. The highest BCUT2D eigenvalue weighted by atomic mass is 16.5. The Morgan fingerprint density at radius 1 is 1.03 bits per heavy atom. The van der Waals surface area contributed by atoms with E-state index in [9.17, 15) is 4.79 Å². The molecule has 0 unspecified atom stereocenters. The van der Waals surface area contributed by atoms with Gasteiger partial charge in [-0.3, -0.25) is 0 Å². The highest BCUT2D eigenvalue weighted by Crippen LogP contribution is 2.35. The van der Waals surface area contributed by atoms with Crippen LogP contribution in [0.4, 0.5) is 4.79 Å². The van der Waals surface area contributed by atoms with E-state index in [1.165, 1.54) is 12.8 Å². The molecule has 1 aliphatic carbocycles. The Hall–Kier alpha value is -3.01. The van der Waals surface area contributed by atoms with E-state index in [2.05, 4.69) is 48.6 Å². The van der Waals surface area contributed by atoms with Gasteiger partial charge in [0.25, 0.3) is 0 Å². The lowest BCUT2D eigenvalue weighted by Crippen LogP contribution is -2.45. The van der Waals surface area contributed by atoms with Crippen molar-refractivity contribution in [3.8, 4) is 5.75 Å². The number of ether oxygens (including phenoxy) is 1. The lowest BCUT2D eigenvalue weighted by atomic mass is 10.1. The van der Waals surface area contributed by atoms with E-state index in [4.69, 9.17) is 4.74 Å². The van der Waals surface area contributed by atoms with Gasteiger partial charge in [0.1, 0.15) is 5.75 Å². The van der Waals surface area contributed by atoms with Gasteiger partial charge in [0.15, 0.2) is 0 Å². The normalized spacial score (nSPS) is 14.4. The van der Waals surface area contributed by atoms with Crippen LogP contribution in [0.5, 0.6) is 5.75 Å². The first-order valence-electron chi connectivity index (χ1n) is 10.3. The molecule has 4 heteroatoms. The zero-order chi connectivity index (χ0) is 20.2. The molecular formula is C25H28N2O2. The van der Waals surface area contributed by atoms with Crippen molar-refractivity contribution in [3.63, 3.8) is 0 Å². The number of methoxy groups -OCH3 is 1. The van der Waals surface area contributed by atoms with Crippen LogP contribution in [0.15, 0.2) is 66.7 Å². The lowest BCUT2D eigenvalue weighted by molar-refractivity contribution is 0.167. The minimum Gasteiger partial charge on any atom is -0.497 e. The van der Waals surface area contributed by atoms with Crippen LogP contribution in [-0.4, -0.2) is 24.1 Å². The Morgan fingerprint density at radius 2 is 1.76 bits per heavy atom. The molecule has 0 heterocycles. The topological polar surface area (TPSA) is 41.6 Å². The van der Waals surface area contributed by atoms with E-state index in [0.29, 0.717) is 19.0 Å². The average Bonchev–Trinajstić information content (AvgIpc) is 3.61. The van der Waals surface area contributed by atoms with Gasteiger partial charge in [-0.1, -0.05) is 48.5 Å². The number of carbonyl (C=O) groups excluding carboxylic acids is 1. The van der Waals surface area contributed by atoms with E-state index in [0.717, 1.165) is 27.6 Å². The minimum absolute atomic E-state index is 0.00285. The summed E-state index contributed by atoms with van der Waals surface area (Å²) in [7, 11) is 1.68. The molecule has 0 aromatic heterocycles. The fourth-order valence-corrected chi connectivity index (χ4v) is 3.80. The van der Waals surface area contributed by atoms with Crippen LogP contribution in [0.1, 0.15) is 30.9 Å². The summed E-state index contributed by atoms with van der Waals surface area (Å²) in [5.74, 6) is 1.48. The molecular weight excluding hydrogens is 360 g/mol. The van der Waals surface area contributed by atoms with Crippen LogP contribution >= 0.6 is 0 Å². The van der Waals surface area contributed by atoms with E-state index in [1.807, 2.05) is 35.2 Å². The molecule has 1 atom stereocenters. The molecule has 0 spiro atoms. The van der Waals surface area contributed by atoms with Gasteiger partial charge in [-0.2, -0.15) is 0 Å². The molecule has 3 aromatic carbocycles. The van der Waals surface area contributed by atoms with Crippen LogP contribution in [-0.2, 0) is 13.1 Å². The summed E-state index contributed by atoms with van der Waals surface area (Å²) in [5.41, 5.74) is 2.25. The molecule has 0 bridgehead atoms. The van der Waals surface area contributed by atoms with Crippen LogP contribution in [0.25, 0.3) is 10.8 Å². The maximum absolute atomic E-state index is 13.0. The fraction of sp³-hybridized carbons (Fsp3) is 0.320. The minimum atomic E-state index is 0.00285. The Labute approximate surface area is 172 Å². The first-order chi connectivity index (χ1) is 14.1. The van der Waals surface area contributed by atoms with Crippen molar-refractivity contribution < 1.29 is 9.53 Å². The predicted octanol–water partition coefficient (Wildman–Crippen LogP) is 5.36. The maximum atomic E-state index is 13.0. The Morgan fingerprint density at radius 3 is 2.48 bits per heavy atom. The summed E-state index contributed by atoms with van der Waals surface area (Å²) in [5, 5.41) is 5.41. The smallest absolute Gasteiger partial charge is 0.318 e. The highest BCUT2D eigenvalue weighted by Gasteiger charge is 2.34. The molecule has 1 aliphatic rings. The van der Waals surface area contributed by atoms with Crippen molar-refractivity contribution in [3.05, 3.63) is 77.9 Å². The molecule has 1 saturated carbocycles. The number of benzene rings is 3. The third kappa shape index (κ3) is 4.70. The molecule has 0 saturated heterocycles. The number of carbonyl (C=O) groups is 1. The first-order valence-corrected chi connectivity index (χ1v) is 10.3. The number of hydrogen-bond acceptors (Lipinski definition) is 2. The van der Waals surface area contributed by atoms with E-state index in [1.54, 1.807) is 7.11 Å². The molecule has 0 radical (unpaired) electrons. The number of nitrogens with one attached hydrogen (secondary N) is 1. The monoisotopic (exact) mass is 388 g/mol. The van der Waals surface area contributed by atoms with E-state index in [-0.39, 0.29) is 12.1 Å². The van der Waals surface area contributed by atoms with Gasteiger partial charge in [0.05, 0.1) is 7.11 Å². The van der Waals surface area contributed by atoms with Gasteiger partial charge >= 0.3 is 6.03 Å². The van der Waals surface area contributed by atoms with E-state index < -0.39 is 0 Å². The second-order valence-electron chi connectivity index (χ2n) is 7.90. The Kier molecular flexibility index (Phi) is 5.70. The number of nitrogens with zero attached hydrogens (tertiary/aromatic N) is 1. The molecule has 29 heavy (non-hydrogen) atoms. The largest absolute Gasteiger partial charge is 0.497 e. The average molecular weight is 389 g/mol. The van der Waals surface area contributed by atoms with E-state index >= 15 is 0 Å². The second-order valence-corrected chi connectivity index (χ2v) is 7.90. The highest BCUT2D eigenvalue weighted by molar-refractivity contribution is 5.84. The SMILES string of the molecule is COc1ccc2cc(CNC(=O)N(Cc3ccccc3)[C@H](C)C3CC3)ccc2c1. The summed E-state index contributed by atoms with van der Waals surface area (Å²) in [4.78, 5) is 15.0. The van der Waals surface area contributed by atoms with Crippen LogP contribution < -0.4 is 10.1 Å². The maximum Gasteiger partial charge on any atom is 0.318 e. The van der Waals surface area contributed by atoms with Crippen molar-refractivity contribution in [1.29, 1.82) is 0 Å². The Balaban J connectivity index is 1.45. The lowest BCUT2D eigenvalue weighted by Gasteiger charge is -2.30. The molecule has 2 amide bonds. The third-order valence-corrected chi connectivity index (χ3v) is 5.81. The van der Waals surface area contributed by atoms with Gasteiger partial charge in [0, 0.05) is 19.1 Å². The van der Waals surface area contributed by atoms with Crippen molar-refractivity contribution >= 4 is 16.8 Å². The summed E-state index contributed by atoms with van der Waals surface area (Å²) in [6.07, 6.45) is 2.43. The van der Waals surface area contributed by atoms with Crippen LogP contribution in [0, 0.1) is 5.92 Å². The van der Waals surface area contributed by atoms with Crippen molar-refractivity contribution in [2.75, 3.05) is 7.11 Å². The number of urea groups is 1. The second kappa shape index (κ2) is 8.56. The molecule has 3 aromatic rings. The van der Waals surface area contributed by atoms with Crippen molar-refractivity contribution in [2.24, 2.45) is 5.92 Å². The standard InChI is InChI=1S/C25H28N2O2/c1-18(21-10-11-21)27(17-19-6-4-3-5-7-19)25(28)26-16-20-8-9-23-15-24(29-2)13-12-22(23)14-20/h3-9,12-15,18,21H,10-11,16-17H2,1-2H3,(H,26,28)/t18-/m1/s1. The first kappa shape index (κ1) is 19.3. The zero-order valence-corrected chi connectivity index (χ0v) is 17.1. The van der Waals surface area contributed by atoms with Gasteiger partial charge < -0.3 is 15.0 Å². The molecule has 4 rings (SSSR count). The molecule has 150 valence electrons. The number of fused-ring (bicyclic) bond motifs is 1. The van der Waals surface area contributed by atoms with Gasteiger partial charge in [0.2, 0.25) is 0 Å². The molecule has 1 N–H and O–H groups in total. The number of hydrogen-bond donors (Lipinski definition) is 1. The van der Waals surface area contributed by atoms with Gasteiger partial charge in [-0.15, -0.1) is 0 Å². The fourth-order valence-electron chi connectivity index (χ4n) is 3.80. The van der Waals surface area contributed by atoms with Crippen LogP contribution in [0.3, 0.4) is 0 Å². The van der Waals surface area contributed by atoms with Gasteiger partial charge in [-0.25, -0.2) is 4.79 Å². The van der Waals surface area contributed by atoms with Crippen molar-refractivity contribution in [1.82, 2.24) is 10.2 Å². The predicted molar refractivity (Wildman–Crippen MR) is 117 cm³/mol. The summed E-state index contributed by atoms with van der Waals surface area (Å²) in [6, 6.07) is 22.8. The Bertz CT molecular complexity index is 983. The van der Waals surface area contributed by atoms with Crippen molar-refractivity contribution in [2.45, 2.75) is 38.9 Å². The van der Waals surface area contributed by atoms with Gasteiger partial charge in [-0.05, 0) is 65.8 Å². The van der Waals surface area contributed by atoms with Crippen LogP contribution in [0.2, 0.25) is 0 Å². The summed E-state index contributed by atoms with van der Waals surface area (Å²) in [6.45, 7) is 3.33. The molecule has 4 nitrogen and oxygen atoms in total. The third-order valence-electron chi connectivity index (χ3n) is 5.81. The summed E-state index contributed by atoms with van der Waals surface area (Å²) < 4.78 is 5.29. The number of rotatable bonds is 7. The molecule has 0 aliphatic heterocycles. The zero-order valence-electron chi connectivity index (χ0n) is 17.1. The summed E-state index contributed by atoms with van der Waals surface area (Å²) >= 11 is 0.